The second-order valence-corrected chi connectivity index (χ2v) is 6.31. The largest absolute Gasteiger partial charge is 0.383 e. The maximum Gasteiger partial charge on any atom is 0.254 e. The predicted octanol–water partition coefficient (Wildman–Crippen LogP) is 3.94. The van der Waals surface area contributed by atoms with Gasteiger partial charge in [0.25, 0.3) is 5.91 Å². The van der Waals surface area contributed by atoms with E-state index in [0.717, 1.165) is 4.88 Å². The summed E-state index contributed by atoms with van der Waals surface area (Å²) in [6, 6.07) is 8.32. The van der Waals surface area contributed by atoms with E-state index >= 15 is 0 Å². The van der Waals surface area contributed by atoms with Crippen LogP contribution in [0.2, 0.25) is 0 Å². The van der Waals surface area contributed by atoms with Crippen LogP contribution in [0.5, 0.6) is 0 Å². The lowest BCUT2D eigenvalue weighted by atomic mass is 10.2. The number of methoxy groups -OCH3 is 1. The highest BCUT2D eigenvalue weighted by molar-refractivity contribution is 9.10. The average molecular weight is 372 g/mol. The number of rotatable bonds is 6. The third-order valence-electron chi connectivity index (χ3n) is 2.95. The van der Waals surface area contributed by atoms with Crippen molar-refractivity contribution in [3.8, 4) is 0 Å². The SMILES string of the molecule is COCCN(Cc1cccs1)C(=O)c1ccc(Br)c(F)c1. The number of nitrogens with zero attached hydrogens (tertiary/aromatic N) is 1. The van der Waals surface area contributed by atoms with Crippen LogP contribution < -0.4 is 0 Å². The molecule has 1 heterocycles. The summed E-state index contributed by atoms with van der Waals surface area (Å²) in [6.07, 6.45) is 0. The second-order valence-electron chi connectivity index (χ2n) is 4.43. The Hall–Kier alpha value is -1.24. The normalized spacial score (nSPS) is 10.6. The van der Waals surface area contributed by atoms with Crippen molar-refractivity contribution < 1.29 is 13.9 Å². The number of hydrogen-bond acceptors (Lipinski definition) is 3. The molecule has 0 aliphatic carbocycles. The molecular weight excluding hydrogens is 357 g/mol. The van der Waals surface area contributed by atoms with Gasteiger partial charge in [0.1, 0.15) is 5.82 Å². The van der Waals surface area contributed by atoms with E-state index in [1.54, 1.807) is 35.5 Å². The van der Waals surface area contributed by atoms with Crippen molar-refractivity contribution in [3.05, 3.63) is 56.4 Å². The Morgan fingerprint density at radius 1 is 1.43 bits per heavy atom. The number of amides is 1. The Morgan fingerprint density at radius 2 is 2.24 bits per heavy atom. The van der Waals surface area contributed by atoms with Crippen LogP contribution in [0, 0.1) is 5.82 Å². The lowest BCUT2D eigenvalue weighted by Gasteiger charge is -2.22. The third kappa shape index (κ3) is 4.36. The van der Waals surface area contributed by atoms with E-state index in [0.29, 0.717) is 29.7 Å². The molecule has 1 aromatic carbocycles. The first-order valence-electron chi connectivity index (χ1n) is 6.37. The van der Waals surface area contributed by atoms with Crippen LogP contribution >= 0.6 is 27.3 Å². The van der Waals surface area contributed by atoms with Gasteiger partial charge in [-0.05, 0) is 45.6 Å². The Labute approximate surface area is 135 Å². The molecule has 0 N–H and O–H groups in total. The lowest BCUT2D eigenvalue weighted by molar-refractivity contribution is 0.0682. The first-order chi connectivity index (χ1) is 10.1. The highest BCUT2D eigenvalue weighted by atomic mass is 79.9. The lowest BCUT2D eigenvalue weighted by Crippen LogP contribution is -2.33. The van der Waals surface area contributed by atoms with Crippen molar-refractivity contribution in [2.24, 2.45) is 0 Å². The first-order valence-corrected chi connectivity index (χ1v) is 8.04. The van der Waals surface area contributed by atoms with Gasteiger partial charge >= 0.3 is 0 Å². The van der Waals surface area contributed by atoms with Crippen LogP contribution in [0.25, 0.3) is 0 Å². The monoisotopic (exact) mass is 371 g/mol. The van der Waals surface area contributed by atoms with E-state index in [2.05, 4.69) is 15.9 Å². The minimum absolute atomic E-state index is 0.202. The van der Waals surface area contributed by atoms with Crippen molar-refractivity contribution in [1.82, 2.24) is 4.90 Å². The molecule has 0 saturated carbocycles. The molecule has 6 heteroatoms. The highest BCUT2D eigenvalue weighted by Gasteiger charge is 2.17. The Balaban J connectivity index is 2.18. The van der Waals surface area contributed by atoms with Gasteiger partial charge in [-0.1, -0.05) is 6.07 Å². The second kappa shape index (κ2) is 7.68. The van der Waals surface area contributed by atoms with Gasteiger partial charge < -0.3 is 9.64 Å². The van der Waals surface area contributed by atoms with Gasteiger partial charge in [0.15, 0.2) is 0 Å². The zero-order chi connectivity index (χ0) is 15.2. The number of ether oxygens (including phenoxy) is 1. The molecule has 2 aromatic rings. The van der Waals surface area contributed by atoms with Gasteiger partial charge in [-0.15, -0.1) is 11.3 Å². The summed E-state index contributed by atoms with van der Waals surface area (Å²) in [4.78, 5) is 15.3. The van der Waals surface area contributed by atoms with Crippen LogP contribution in [-0.4, -0.2) is 31.1 Å². The fourth-order valence-corrected chi connectivity index (χ4v) is 2.82. The molecule has 3 nitrogen and oxygen atoms in total. The zero-order valence-corrected chi connectivity index (χ0v) is 13.9. The quantitative estimate of drug-likeness (QED) is 0.769. The standard InChI is InChI=1S/C15H15BrFNO2S/c1-20-7-6-18(10-12-3-2-8-21-12)15(19)11-4-5-13(16)14(17)9-11/h2-5,8-9H,6-7,10H2,1H3. The molecule has 0 aliphatic heterocycles. The fraction of sp³-hybridized carbons (Fsp3) is 0.267. The predicted molar refractivity (Wildman–Crippen MR) is 85.0 cm³/mol. The van der Waals surface area contributed by atoms with Crippen LogP contribution in [0.1, 0.15) is 15.2 Å². The summed E-state index contributed by atoms with van der Waals surface area (Å²) in [5.74, 6) is -0.643. The topological polar surface area (TPSA) is 29.5 Å². The molecule has 112 valence electrons. The van der Waals surface area contributed by atoms with Gasteiger partial charge in [0.2, 0.25) is 0 Å². The number of carbonyl (C=O) groups is 1. The third-order valence-corrected chi connectivity index (χ3v) is 4.45. The van der Waals surface area contributed by atoms with Gasteiger partial charge in [0, 0.05) is 24.1 Å². The summed E-state index contributed by atoms with van der Waals surface area (Å²) in [7, 11) is 1.59. The van der Waals surface area contributed by atoms with Gasteiger partial charge in [0.05, 0.1) is 17.6 Å². The molecule has 0 atom stereocenters. The van der Waals surface area contributed by atoms with Crippen molar-refractivity contribution in [3.63, 3.8) is 0 Å². The molecule has 0 aliphatic rings. The first kappa shape index (κ1) is 16.1. The Morgan fingerprint density at radius 3 is 2.86 bits per heavy atom. The van der Waals surface area contributed by atoms with E-state index in [-0.39, 0.29) is 5.91 Å². The van der Waals surface area contributed by atoms with E-state index in [1.807, 2.05) is 17.5 Å². The summed E-state index contributed by atoms with van der Waals surface area (Å²) in [6.45, 7) is 1.40. The smallest absolute Gasteiger partial charge is 0.254 e. The average Bonchev–Trinajstić information content (AvgIpc) is 2.98. The minimum Gasteiger partial charge on any atom is -0.383 e. The number of halogens is 2. The molecule has 0 saturated heterocycles. The van der Waals surface area contributed by atoms with E-state index < -0.39 is 5.82 Å². The van der Waals surface area contributed by atoms with Gasteiger partial charge in [-0.2, -0.15) is 0 Å². The van der Waals surface area contributed by atoms with Gasteiger partial charge in [-0.3, -0.25) is 4.79 Å². The molecule has 2 rings (SSSR count). The van der Waals surface area contributed by atoms with Crippen LogP contribution in [0.15, 0.2) is 40.2 Å². The van der Waals surface area contributed by atoms with E-state index in [9.17, 15) is 9.18 Å². The minimum atomic E-state index is -0.441. The van der Waals surface area contributed by atoms with Crippen molar-refractivity contribution in [2.45, 2.75) is 6.54 Å². The molecule has 1 aromatic heterocycles. The molecule has 0 fully saturated rings. The summed E-state index contributed by atoms with van der Waals surface area (Å²) in [5, 5.41) is 1.97. The molecule has 21 heavy (non-hydrogen) atoms. The molecular formula is C15H15BrFNO2S. The number of benzene rings is 1. The summed E-state index contributed by atoms with van der Waals surface area (Å²) in [5.41, 5.74) is 0.336. The van der Waals surface area contributed by atoms with E-state index in [4.69, 9.17) is 4.74 Å². The molecule has 0 bridgehead atoms. The Kier molecular flexibility index (Phi) is 5.90. The molecule has 1 amide bonds. The molecule has 0 spiro atoms. The van der Waals surface area contributed by atoms with Crippen molar-refractivity contribution in [1.29, 1.82) is 0 Å². The summed E-state index contributed by atoms with van der Waals surface area (Å²) >= 11 is 4.67. The fourth-order valence-electron chi connectivity index (χ4n) is 1.86. The maximum atomic E-state index is 13.6. The molecule has 0 unspecified atom stereocenters. The van der Waals surface area contributed by atoms with E-state index in [1.165, 1.54) is 6.07 Å². The zero-order valence-electron chi connectivity index (χ0n) is 11.5. The maximum absolute atomic E-state index is 13.6. The van der Waals surface area contributed by atoms with Crippen molar-refractivity contribution in [2.75, 3.05) is 20.3 Å². The number of thiophene rings is 1. The summed E-state index contributed by atoms with van der Waals surface area (Å²) < 4.78 is 19.0. The molecule has 0 radical (unpaired) electrons. The van der Waals surface area contributed by atoms with Crippen LogP contribution in [0.3, 0.4) is 0 Å². The Bertz CT molecular complexity index is 604. The number of carbonyl (C=O) groups excluding carboxylic acids is 1. The van der Waals surface area contributed by atoms with Crippen LogP contribution in [0.4, 0.5) is 4.39 Å². The van der Waals surface area contributed by atoms with Gasteiger partial charge in [-0.25, -0.2) is 4.39 Å². The highest BCUT2D eigenvalue weighted by Crippen LogP contribution is 2.19. The van der Waals surface area contributed by atoms with Crippen LogP contribution in [-0.2, 0) is 11.3 Å². The number of hydrogen-bond donors (Lipinski definition) is 0. The van der Waals surface area contributed by atoms with Crippen molar-refractivity contribution >= 4 is 33.2 Å².